The molecule has 2 fully saturated rings. The predicted octanol–water partition coefficient (Wildman–Crippen LogP) is 2.79. The first-order chi connectivity index (χ1) is 12.3. The molecule has 0 spiro atoms. The van der Waals surface area contributed by atoms with Crippen molar-refractivity contribution in [1.29, 1.82) is 0 Å². The Morgan fingerprint density at radius 2 is 2.00 bits per heavy atom. The zero-order chi connectivity index (χ0) is 18.9. The largest absolute Gasteiger partial charge is 0.496 e. The maximum atomic E-state index is 13.3. The van der Waals surface area contributed by atoms with Gasteiger partial charge in [-0.15, -0.1) is 0 Å². The van der Waals surface area contributed by atoms with Crippen LogP contribution in [0.5, 0.6) is 5.75 Å². The van der Waals surface area contributed by atoms with Crippen LogP contribution >= 0.6 is 0 Å². The average Bonchev–Trinajstić information content (AvgIpc) is 3.06. The summed E-state index contributed by atoms with van der Waals surface area (Å²) in [6.07, 6.45) is 2.14. The van der Waals surface area contributed by atoms with Crippen molar-refractivity contribution < 1.29 is 18.3 Å². The lowest BCUT2D eigenvalue weighted by Gasteiger charge is -2.33. The van der Waals surface area contributed by atoms with Crippen LogP contribution in [0, 0.1) is 19.8 Å². The van der Waals surface area contributed by atoms with Crippen molar-refractivity contribution in [3.63, 3.8) is 0 Å². The van der Waals surface area contributed by atoms with Crippen LogP contribution in [0.1, 0.15) is 36.1 Å². The first-order valence-electron chi connectivity index (χ1n) is 9.19. The normalized spacial score (nSPS) is 23.3. The van der Waals surface area contributed by atoms with Crippen molar-refractivity contribution in [3.8, 4) is 5.75 Å². The minimum atomic E-state index is -2.62. The van der Waals surface area contributed by atoms with Gasteiger partial charge in [-0.2, -0.15) is 0 Å². The number of hydrogen-bond donors (Lipinski definition) is 0. The Hall–Kier alpha value is -1.76. The summed E-state index contributed by atoms with van der Waals surface area (Å²) in [5.74, 6) is -1.84. The van der Waals surface area contributed by atoms with Gasteiger partial charge in [0, 0.05) is 56.3 Å². The number of carbonyl (C=O) groups is 1. The molecule has 3 heterocycles. The molecule has 0 aromatic carbocycles. The number of nitrogens with zero attached hydrogens (tertiary/aromatic N) is 3. The molecule has 2 aliphatic heterocycles. The maximum absolute atomic E-state index is 13.3. The average molecular weight is 367 g/mol. The Balaban J connectivity index is 1.58. The molecule has 1 atom stereocenters. The van der Waals surface area contributed by atoms with Crippen LogP contribution in [-0.2, 0) is 11.3 Å². The molecule has 5 nitrogen and oxygen atoms in total. The summed E-state index contributed by atoms with van der Waals surface area (Å²) < 4.78 is 32.0. The number of carbonyl (C=O) groups excluding carboxylic acids is 1. The lowest BCUT2D eigenvalue weighted by molar-refractivity contribution is -0.141. The summed E-state index contributed by atoms with van der Waals surface area (Å²) in [6.45, 7) is 6.44. The molecule has 26 heavy (non-hydrogen) atoms. The Morgan fingerprint density at radius 1 is 1.31 bits per heavy atom. The second kappa shape index (κ2) is 7.47. The van der Waals surface area contributed by atoms with E-state index in [0.29, 0.717) is 13.1 Å². The molecule has 0 bridgehead atoms. The van der Waals surface area contributed by atoms with Crippen LogP contribution in [0.4, 0.5) is 8.78 Å². The fraction of sp³-hybridized carbons (Fsp3) is 0.684. The third-order valence-electron chi connectivity index (χ3n) is 5.55. The van der Waals surface area contributed by atoms with Gasteiger partial charge in [-0.3, -0.25) is 14.7 Å². The third kappa shape index (κ3) is 3.98. The van der Waals surface area contributed by atoms with Crippen LogP contribution in [-0.4, -0.2) is 59.9 Å². The Bertz CT molecular complexity index is 671. The van der Waals surface area contributed by atoms with Gasteiger partial charge < -0.3 is 9.64 Å². The highest BCUT2D eigenvalue weighted by molar-refractivity contribution is 5.79. The van der Waals surface area contributed by atoms with Crippen LogP contribution in [0.3, 0.4) is 0 Å². The summed E-state index contributed by atoms with van der Waals surface area (Å²) in [6, 6.07) is 0. The molecule has 0 aliphatic carbocycles. The van der Waals surface area contributed by atoms with Crippen molar-refractivity contribution in [1.82, 2.24) is 14.8 Å². The molecule has 1 unspecified atom stereocenters. The van der Waals surface area contributed by atoms with Crippen LogP contribution < -0.4 is 4.74 Å². The number of methoxy groups -OCH3 is 1. The van der Waals surface area contributed by atoms with E-state index in [0.717, 1.165) is 35.5 Å². The van der Waals surface area contributed by atoms with Gasteiger partial charge in [-0.1, -0.05) is 0 Å². The van der Waals surface area contributed by atoms with Crippen molar-refractivity contribution in [2.75, 3.05) is 33.3 Å². The minimum Gasteiger partial charge on any atom is -0.496 e. The van der Waals surface area contributed by atoms with Gasteiger partial charge in [-0.05, 0) is 26.8 Å². The fourth-order valence-electron chi connectivity index (χ4n) is 3.93. The molecular weight excluding hydrogens is 340 g/mol. The van der Waals surface area contributed by atoms with Gasteiger partial charge in [0.15, 0.2) is 0 Å². The smallest absolute Gasteiger partial charge is 0.251 e. The molecule has 3 rings (SSSR count). The summed E-state index contributed by atoms with van der Waals surface area (Å²) in [7, 11) is 1.66. The molecule has 7 heteroatoms. The van der Waals surface area contributed by atoms with Crippen molar-refractivity contribution >= 4 is 5.91 Å². The highest BCUT2D eigenvalue weighted by Gasteiger charge is 2.38. The number of rotatable bonds is 4. The number of ether oxygens (including phenoxy) is 1. The quantitative estimate of drug-likeness (QED) is 0.821. The summed E-state index contributed by atoms with van der Waals surface area (Å²) in [5, 5.41) is 0. The second-order valence-electron chi connectivity index (χ2n) is 7.45. The van der Waals surface area contributed by atoms with E-state index in [1.54, 1.807) is 12.0 Å². The lowest BCUT2D eigenvalue weighted by Crippen LogP contribution is -2.45. The zero-order valence-electron chi connectivity index (χ0n) is 15.7. The fourth-order valence-corrected chi connectivity index (χ4v) is 3.93. The predicted molar refractivity (Wildman–Crippen MR) is 94.4 cm³/mol. The second-order valence-corrected chi connectivity index (χ2v) is 7.45. The molecule has 1 amide bonds. The van der Waals surface area contributed by atoms with Gasteiger partial charge in [0.05, 0.1) is 18.7 Å². The molecule has 2 aliphatic rings. The van der Waals surface area contributed by atoms with E-state index in [-0.39, 0.29) is 37.8 Å². The highest BCUT2D eigenvalue weighted by Crippen LogP contribution is 2.30. The number of alkyl halides is 2. The van der Waals surface area contributed by atoms with E-state index in [9.17, 15) is 13.6 Å². The molecule has 0 saturated carbocycles. The number of likely N-dealkylation sites (tertiary alicyclic amines) is 2. The number of amides is 1. The number of pyridine rings is 1. The molecule has 2 saturated heterocycles. The number of aryl methyl sites for hydroxylation is 1. The van der Waals surface area contributed by atoms with E-state index in [1.165, 1.54) is 0 Å². The SMILES string of the molecule is COc1c(C)cnc(CN2CCC(C(=O)N3CCC(F)(F)CC3)C2)c1C. The lowest BCUT2D eigenvalue weighted by atomic mass is 10.0. The molecule has 0 radical (unpaired) electrons. The number of aromatic nitrogens is 1. The molecular formula is C19H27F2N3O2. The van der Waals surface area contributed by atoms with Gasteiger partial charge >= 0.3 is 0 Å². The summed E-state index contributed by atoms with van der Waals surface area (Å²) >= 11 is 0. The topological polar surface area (TPSA) is 45.7 Å². The van der Waals surface area contributed by atoms with E-state index < -0.39 is 5.92 Å². The van der Waals surface area contributed by atoms with Crippen molar-refractivity contribution in [3.05, 3.63) is 23.0 Å². The third-order valence-corrected chi connectivity index (χ3v) is 5.55. The number of hydrogen-bond acceptors (Lipinski definition) is 4. The Kier molecular flexibility index (Phi) is 5.46. The van der Waals surface area contributed by atoms with Crippen molar-refractivity contribution in [2.24, 2.45) is 5.92 Å². The highest BCUT2D eigenvalue weighted by atomic mass is 19.3. The van der Waals surface area contributed by atoms with Gasteiger partial charge in [-0.25, -0.2) is 8.78 Å². The van der Waals surface area contributed by atoms with E-state index in [1.807, 2.05) is 20.0 Å². The molecule has 1 aromatic rings. The van der Waals surface area contributed by atoms with Gasteiger partial charge in [0.1, 0.15) is 5.75 Å². The number of piperidine rings is 1. The van der Waals surface area contributed by atoms with E-state index in [2.05, 4.69) is 9.88 Å². The first kappa shape index (κ1) is 19.0. The zero-order valence-corrected chi connectivity index (χ0v) is 15.7. The van der Waals surface area contributed by atoms with Crippen LogP contribution in [0.25, 0.3) is 0 Å². The van der Waals surface area contributed by atoms with Crippen LogP contribution in [0.2, 0.25) is 0 Å². The van der Waals surface area contributed by atoms with E-state index >= 15 is 0 Å². The maximum Gasteiger partial charge on any atom is 0.251 e. The molecule has 144 valence electrons. The Morgan fingerprint density at radius 3 is 2.65 bits per heavy atom. The standard InChI is InChI=1S/C19H27F2N3O2/c1-13-10-22-16(14(2)17(13)26-3)12-23-7-4-15(11-23)18(25)24-8-5-19(20,21)6-9-24/h10,15H,4-9,11-12H2,1-3H3. The molecule has 0 N–H and O–H groups in total. The summed E-state index contributed by atoms with van der Waals surface area (Å²) in [4.78, 5) is 21.0. The van der Waals surface area contributed by atoms with Crippen molar-refractivity contribution in [2.45, 2.75) is 45.6 Å². The van der Waals surface area contributed by atoms with Gasteiger partial charge in [0.25, 0.3) is 5.92 Å². The molecule has 1 aromatic heterocycles. The first-order valence-corrected chi connectivity index (χ1v) is 9.19. The minimum absolute atomic E-state index is 0.0224. The van der Waals surface area contributed by atoms with E-state index in [4.69, 9.17) is 4.74 Å². The Labute approximate surface area is 153 Å². The van der Waals surface area contributed by atoms with Gasteiger partial charge in [0.2, 0.25) is 5.91 Å². The number of halogens is 2. The summed E-state index contributed by atoms with van der Waals surface area (Å²) in [5.41, 5.74) is 2.99. The monoisotopic (exact) mass is 367 g/mol. The van der Waals surface area contributed by atoms with Crippen LogP contribution in [0.15, 0.2) is 6.20 Å².